The van der Waals surface area contributed by atoms with E-state index in [1.807, 2.05) is 19.1 Å². The molecule has 0 fully saturated rings. The Balaban J connectivity index is 1.51. The van der Waals surface area contributed by atoms with E-state index in [0.717, 1.165) is 16.5 Å². The molecule has 8 nitrogen and oxygen atoms in total. The smallest absolute Gasteiger partial charge is 0.226 e. The third-order valence-electron chi connectivity index (χ3n) is 4.88. The minimum absolute atomic E-state index is 0.331. The number of rotatable bonds is 10. The number of aromatic amines is 1. The van der Waals surface area contributed by atoms with E-state index in [0.29, 0.717) is 61.3 Å². The molecule has 0 aliphatic heterocycles. The van der Waals surface area contributed by atoms with Crippen LogP contribution in [0.15, 0.2) is 43.0 Å². The maximum atomic E-state index is 14.8. The third-order valence-corrected chi connectivity index (χ3v) is 4.88. The number of halogens is 1. The molecule has 0 unspecified atom stereocenters. The topological polar surface area (TPSA) is 95.0 Å². The van der Waals surface area contributed by atoms with Gasteiger partial charge in [0.05, 0.1) is 18.6 Å². The summed E-state index contributed by atoms with van der Waals surface area (Å²) < 4.78 is 30.9. The average molecular weight is 437 g/mol. The fourth-order valence-electron chi connectivity index (χ4n) is 3.36. The van der Waals surface area contributed by atoms with Crippen LogP contribution in [0.1, 0.15) is 29.3 Å². The van der Waals surface area contributed by atoms with Crippen molar-refractivity contribution in [2.75, 3.05) is 26.9 Å². The second kappa shape index (κ2) is 10.1. The number of fused-ring (bicyclic) bond motifs is 1. The van der Waals surface area contributed by atoms with E-state index >= 15 is 0 Å². The van der Waals surface area contributed by atoms with Crippen LogP contribution < -0.4 is 9.47 Å². The fourth-order valence-corrected chi connectivity index (χ4v) is 3.36. The number of methoxy groups -OCH3 is 1. The molecule has 0 radical (unpaired) electrons. The molecule has 0 aliphatic rings. The summed E-state index contributed by atoms with van der Waals surface area (Å²) in [6.45, 7) is 3.26. The van der Waals surface area contributed by atoms with Crippen LogP contribution in [0.2, 0.25) is 0 Å². The SMILES string of the molecule is CCOc1ccc(Cc2ccc(Cc3c[nH]c4ncnc(OCCOC)c34)c(F)n2)cn1. The monoisotopic (exact) mass is 437 g/mol. The van der Waals surface area contributed by atoms with Crippen LogP contribution in [0.3, 0.4) is 0 Å². The minimum atomic E-state index is -0.505. The third kappa shape index (κ3) is 5.00. The lowest BCUT2D eigenvalue weighted by molar-refractivity contribution is 0.144. The van der Waals surface area contributed by atoms with E-state index in [-0.39, 0.29) is 0 Å². The zero-order valence-corrected chi connectivity index (χ0v) is 18.0. The summed E-state index contributed by atoms with van der Waals surface area (Å²) >= 11 is 0. The number of nitrogens with zero attached hydrogens (tertiary/aromatic N) is 4. The molecule has 1 N–H and O–H groups in total. The van der Waals surface area contributed by atoms with Gasteiger partial charge in [0.2, 0.25) is 17.7 Å². The highest BCUT2D eigenvalue weighted by molar-refractivity contribution is 5.85. The number of H-pyrrole nitrogens is 1. The van der Waals surface area contributed by atoms with Crippen molar-refractivity contribution in [3.05, 3.63) is 71.3 Å². The molecular formula is C23H24FN5O3. The molecule has 4 aromatic rings. The van der Waals surface area contributed by atoms with Crippen molar-refractivity contribution in [3.8, 4) is 11.8 Å². The van der Waals surface area contributed by atoms with Gasteiger partial charge in [-0.3, -0.25) is 0 Å². The molecule has 4 aromatic heterocycles. The maximum Gasteiger partial charge on any atom is 0.226 e. The van der Waals surface area contributed by atoms with Crippen molar-refractivity contribution in [3.63, 3.8) is 0 Å². The van der Waals surface area contributed by atoms with Crippen LogP contribution >= 0.6 is 0 Å². The molecule has 0 atom stereocenters. The van der Waals surface area contributed by atoms with E-state index in [1.54, 1.807) is 31.6 Å². The summed E-state index contributed by atoms with van der Waals surface area (Å²) in [5.74, 6) is 0.504. The van der Waals surface area contributed by atoms with Gasteiger partial charge < -0.3 is 19.2 Å². The normalized spacial score (nSPS) is 11.1. The minimum Gasteiger partial charge on any atom is -0.478 e. The highest BCUT2D eigenvalue weighted by Gasteiger charge is 2.15. The van der Waals surface area contributed by atoms with Gasteiger partial charge in [0.25, 0.3) is 0 Å². The molecule has 0 spiro atoms. The highest BCUT2D eigenvalue weighted by Crippen LogP contribution is 2.27. The lowest BCUT2D eigenvalue weighted by atomic mass is 10.1. The maximum absolute atomic E-state index is 14.8. The van der Waals surface area contributed by atoms with Crippen LogP contribution in [-0.2, 0) is 17.6 Å². The van der Waals surface area contributed by atoms with Gasteiger partial charge >= 0.3 is 0 Å². The molecule has 4 heterocycles. The Hall–Kier alpha value is -3.59. The summed E-state index contributed by atoms with van der Waals surface area (Å²) in [4.78, 5) is 19.9. The Morgan fingerprint density at radius 3 is 2.62 bits per heavy atom. The Morgan fingerprint density at radius 2 is 1.88 bits per heavy atom. The van der Waals surface area contributed by atoms with Crippen LogP contribution in [0.4, 0.5) is 4.39 Å². The van der Waals surface area contributed by atoms with Gasteiger partial charge in [0, 0.05) is 49.7 Å². The van der Waals surface area contributed by atoms with Crippen LogP contribution in [-0.4, -0.2) is 51.9 Å². The number of aromatic nitrogens is 5. The fraction of sp³-hybridized carbons (Fsp3) is 0.304. The predicted molar refractivity (Wildman–Crippen MR) is 116 cm³/mol. The Labute approximate surface area is 184 Å². The molecule has 0 saturated carbocycles. The van der Waals surface area contributed by atoms with Crippen molar-refractivity contribution in [2.45, 2.75) is 19.8 Å². The Kier molecular flexibility index (Phi) is 6.86. The summed E-state index contributed by atoms with van der Waals surface area (Å²) in [7, 11) is 1.60. The van der Waals surface area contributed by atoms with Gasteiger partial charge in [-0.2, -0.15) is 4.39 Å². The number of hydrogen-bond acceptors (Lipinski definition) is 7. The molecule has 0 aromatic carbocycles. The van der Waals surface area contributed by atoms with Crippen molar-refractivity contribution < 1.29 is 18.6 Å². The van der Waals surface area contributed by atoms with Crippen molar-refractivity contribution in [1.82, 2.24) is 24.9 Å². The first-order chi connectivity index (χ1) is 15.7. The van der Waals surface area contributed by atoms with Gasteiger partial charge in [-0.15, -0.1) is 0 Å². The van der Waals surface area contributed by atoms with Crippen LogP contribution in [0.25, 0.3) is 11.0 Å². The van der Waals surface area contributed by atoms with Crippen molar-refractivity contribution in [1.29, 1.82) is 0 Å². The van der Waals surface area contributed by atoms with E-state index in [4.69, 9.17) is 14.2 Å². The van der Waals surface area contributed by atoms with Crippen LogP contribution in [0, 0.1) is 5.95 Å². The second-order valence-electron chi connectivity index (χ2n) is 7.10. The first-order valence-corrected chi connectivity index (χ1v) is 10.3. The first-order valence-electron chi connectivity index (χ1n) is 10.3. The predicted octanol–water partition coefficient (Wildman–Crippen LogP) is 3.49. The summed E-state index contributed by atoms with van der Waals surface area (Å²) in [5.41, 5.74) is 3.50. The van der Waals surface area contributed by atoms with Crippen molar-refractivity contribution >= 4 is 11.0 Å². The standard InChI is InChI=1S/C23H24FN5O3/c1-3-31-19-7-4-15(12-25-19)10-18-6-5-16(21(24)29-18)11-17-13-26-22-20(17)23(28-14-27-22)32-9-8-30-2/h4-7,12-14H,3,8-11H2,1-2H3,(H,26,27,28). The zero-order valence-electron chi connectivity index (χ0n) is 18.0. The molecule has 0 aliphatic carbocycles. The highest BCUT2D eigenvalue weighted by atomic mass is 19.1. The van der Waals surface area contributed by atoms with Gasteiger partial charge in [-0.05, 0) is 24.1 Å². The number of ether oxygens (including phenoxy) is 3. The molecular weight excluding hydrogens is 413 g/mol. The Bertz CT molecular complexity index is 1180. The van der Waals surface area contributed by atoms with Gasteiger partial charge in [0.1, 0.15) is 18.6 Å². The first kappa shape index (κ1) is 21.6. The summed E-state index contributed by atoms with van der Waals surface area (Å²) in [6, 6.07) is 7.29. The molecule has 9 heteroatoms. The molecule has 0 bridgehead atoms. The number of pyridine rings is 2. The molecule has 0 amide bonds. The molecule has 166 valence electrons. The lowest BCUT2D eigenvalue weighted by Gasteiger charge is -2.08. The van der Waals surface area contributed by atoms with Gasteiger partial charge in [-0.25, -0.2) is 19.9 Å². The largest absolute Gasteiger partial charge is 0.478 e. The van der Waals surface area contributed by atoms with E-state index in [2.05, 4.69) is 24.9 Å². The molecule has 4 rings (SSSR count). The van der Waals surface area contributed by atoms with Crippen LogP contribution in [0.5, 0.6) is 11.8 Å². The van der Waals surface area contributed by atoms with E-state index < -0.39 is 5.95 Å². The average Bonchev–Trinajstić information content (AvgIpc) is 3.21. The van der Waals surface area contributed by atoms with Gasteiger partial charge in [0.15, 0.2) is 0 Å². The van der Waals surface area contributed by atoms with Gasteiger partial charge in [-0.1, -0.05) is 12.1 Å². The molecule has 32 heavy (non-hydrogen) atoms. The number of nitrogens with one attached hydrogen (secondary N) is 1. The van der Waals surface area contributed by atoms with Crippen molar-refractivity contribution in [2.24, 2.45) is 0 Å². The summed E-state index contributed by atoms with van der Waals surface area (Å²) in [6.07, 6.45) is 5.75. The van der Waals surface area contributed by atoms with E-state index in [9.17, 15) is 4.39 Å². The molecule has 0 saturated heterocycles. The quantitative estimate of drug-likeness (QED) is 0.300. The Morgan fingerprint density at radius 1 is 0.969 bits per heavy atom. The van der Waals surface area contributed by atoms with E-state index in [1.165, 1.54) is 6.33 Å². The number of hydrogen-bond donors (Lipinski definition) is 1. The lowest BCUT2D eigenvalue weighted by Crippen LogP contribution is -2.06. The second-order valence-corrected chi connectivity index (χ2v) is 7.10. The zero-order chi connectivity index (χ0) is 22.3. The summed E-state index contributed by atoms with van der Waals surface area (Å²) in [5, 5.41) is 0.729.